The average molecular weight is 434 g/mol. The molecule has 1 aliphatic heterocycles. The molecule has 0 aliphatic carbocycles. The largest absolute Gasteiger partial charge is 0.497 e. The molecular formula is C24H27N5O3. The van der Waals surface area contributed by atoms with Gasteiger partial charge in [-0.3, -0.25) is 20.0 Å². The minimum absolute atomic E-state index is 0.123. The second-order valence-electron chi connectivity index (χ2n) is 8.39. The summed E-state index contributed by atoms with van der Waals surface area (Å²) < 4.78 is 5.26. The van der Waals surface area contributed by atoms with Crippen LogP contribution >= 0.6 is 0 Å². The zero-order valence-electron chi connectivity index (χ0n) is 18.6. The number of anilines is 1. The van der Waals surface area contributed by atoms with E-state index in [9.17, 15) is 9.59 Å². The number of hydrogen-bond acceptors (Lipinski definition) is 5. The summed E-state index contributed by atoms with van der Waals surface area (Å²) in [5.74, 6) is 1.05. The maximum atomic E-state index is 13.6. The van der Waals surface area contributed by atoms with E-state index < -0.39 is 12.0 Å². The summed E-state index contributed by atoms with van der Waals surface area (Å²) >= 11 is 0. The molecule has 2 N–H and O–H groups in total. The number of rotatable bonds is 6. The second kappa shape index (κ2) is 8.82. The van der Waals surface area contributed by atoms with Gasteiger partial charge in [0.25, 0.3) is 5.91 Å². The number of ether oxygens (including phenoxy) is 1. The quantitative estimate of drug-likeness (QED) is 0.619. The summed E-state index contributed by atoms with van der Waals surface area (Å²) in [6.07, 6.45) is 0.737. The predicted molar refractivity (Wildman–Crippen MR) is 121 cm³/mol. The Labute approximate surface area is 187 Å². The molecule has 0 unspecified atom stereocenters. The topological polar surface area (TPSA) is 100 Å². The van der Waals surface area contributed by atoms with Gasteiger partial charge in [0.2, 0.25) is 11.9 Å². The molecular weight excluding hydrogens is 406 g/mol. The first-order chi connectivity index (χ1) is 15.4. The van der Waals surface area contributed by atoms with Crippen molar-refractivity contribution < 1.29 is 14.3 Å². The van der Waals surface area contributed by atoms with E-state index in [1.807, 2.05) is 36.4 Å². The van der Waals surface area contributed by atoms with Crippen LogP contribution in [0.5, 0.6) is 5.75 Å². The Kier molecular flexibility index (Phi) is 5.94. The minimum Gasteiger partial charge on any atom is -0.497 e. The lowest BCUT2D eigenvalue weighted by Crippen LogP contribution is -2.44. The van der Waals surface area contributed by atoms with E-state index in [-0.39, 0.29) is 17.8 Å². The highest BCUT2D eigenvalue weighted by Gasteiger charge is 2.42. The van der Waals surface area contributed by atoms with Crippen LogP contribution in [0.1, 0.15) is 53.1 Å². The summed E-state index contributed by atoms with van der Waals surface area (Å²) in [5, 5.41) is 9.88. The van der Waals surface area contributed by atoms with Crippen LogP contribution in [0.25, 0.3) is 0 Å². The fourth-order valence-corrected chi connectivity index (χ4v) is 4.19. The Balaban J connectivity index is 1.72. The molecule has 1 aromatic heterocycles. The molecule has 8 nitrogen and oxygen atoms in total. The molecule has 0 spiro atoms. The number of benzene rings is 2. The Morgan fingerprint density at radius 1 is 1.19 bits per heavy atom. The van der Waals surface area contributed by atoms with Gasteiger partial charge in [0.15, 0.2) is 0 Å². The molecule has 0 radical (unpaired) electrons. The third-order valence-electron chi connectivity index (χ3n) is 5.69. The Morgan fingerprint density at radius 3 is 2.59 bits per heavy atom. The number of methoxy groups -OCH3 is 1. The number of fused-ring (bicyclic) bond motifs is 1. The fraction of sp³-hybridized carbons (Fsp3) is 0.333. The Morgan fingerprint density at radius 2 is 1.91 bits per heavy atom. The molecule has 3 aromatic rings. The van der Waals surface area contributed by atoms with Gasteiger partial charge in [0.05, 0.1) is 19.1 Å². The lowest BCUT2D eigenvalue weighted by Gasteiger charge is -2.39. The van der Waals surface area contributed by atoms with Crippen molar-refractivity contribution in [2.24, 2.45) is 5.92 Å². The van der Waals surface area contributed by atoms with E-state index in [1.165, 1.54) is 0 Å². The standard InChI is InChI=1S/C24H27N5O3/c1-14(2)13-19-25-24(28-27-19)26-22(30)20-17-7-5-6-8-18(17)23(31)29(3)21(20)15-9-11-16(32-4)12-10-15/h5-12,14,20-21H,13H2,1-4H3,(H2,25,26,27,28,30)/t20-,21+/m0/s1. The number of nitrogens with one attached hydrogen (secondary N) is 2. The minimum atomic E-state index is -0.630. The van der Waals surface area contributed by atoms with Crippen molar-refractivity contribution in [1.82, 2.24) is 20.1 Å². The Hall–Kier alpha value is -3.68. The molecule has 2 heterocycles. The van der Waals surface area contributed by atoms with Gasteiger partial charge < -0.3 is 9.64 Å². The number of aromatic nitrogens is 3. The fourth-order valence-electron chi connectivity index (χ4n) is 4.19. The van der Waals surface area contributed by atoms with Gasteiger partial charge in [0.1, 0.15) is 11.6 Å². The van der Waals surface area contributed by atoms with Gasteiger partial charge in [-0.05, 0) is 35.2 Å². The molecule has 8 heteroatoms. The van der Waals surface area contributed by atoms with E-state index in [0.717, 1.165) is 17.8 Å². The molecule has 1 aliphatic rings. The average Bonchev–Trinajstić information content (AvgIpc) is 3.22. The highest BCUT2D eigenvalue weighted by Crippen LogP contribution is 2.42. The van der Waals surface area contributed by atoms with Crippen LogP contribution in [0.2, 0.25) is 0 Å². The first-order valence-corrected chi connectivity index (χ1v) is 10.6. The van der Waals surface area contributed by atoms with E-state index >= 15 is 0 Å². The van der Waals surface area contributed by atoms with Crippen molar-refractivity contribution in [2.45, 2.75) is 32.2 Å². The summed E-state index contributed by atoms with van der Waals surface area (Å²) in [7, 11) is 3.32. The number of carbonyl (C=O) groups excluding carboxylic acids is 2. The van der Waals surface area contributed by atoms with Gasteiger partial charge in [0, 0.05) is 19.0 Å². The van der Waals surface area contributed by atoms with E-state index in [0.29, 0.717) is 22.8 Å². The van der Waals surface area contributed by atoms with Crippen LogP contribution in [0.3, 0.4) is 0 Å². The van der Waals surface area contributed by atoms with E-state index in [2.05, 4.69) is 34.3 Å². The van der Waals surface area contributed by atoms with Crippen LogP contribution in [0, 0.1) is 5.92 Å². The van der Waals surface area contributed by atoms with Crippen molar-refractivity contribution in [1.29, 1.82) is 0 Å². The zero-order chi connectivity index (χ0) is 22.8. The summed E-state index contributed by atoms with van der Waals surface area (Å²) in [5.41, 5.74) is 2.05. The molecule has 0 bridgehead atoms. The van der Waals surface area contributed by atoms with E-state index in [4.69, 9.17) is 4.74 Å². The maximum absolute atomic E-state index is 13.6. The Bertz CT molecular complexity index is 1120. The van der Waals surface area contributed by atoms with Gasteiger partial charge >= 0.3 is 0 Å². The van der Waals surface area contributed by atoms with Crippen LogP contribution in [-0.2, 0) is 11.2 Å². The normalized spacial score (nSPS) is 17.9. The molecule has 2 aromatic carbocycles. The van der Waals surface area contributed by atoms with Crippen molar-refractivity contribution in [3.05, 3.63) is 71.0 Å². The molecule has 0 saturated carbocycles. The highest BCUT2D eigenvalue weighted by molar-refractivity contribution is 6.03. The van der Waals surface area contributed by atoms with Crippen LogP contribution in [-0.4, -0.2) is 46.1 Å². The van der Waals surface area contributed by atoms with Crippen LogP contribution < -0.4 is 10.1 Å². The zero-order valence-corrected chi connectivity index (χ0v) is 18.6. The third kappa shape index (κ3) is 4.08. The number of hydrogen-bond donors (Lipinski definition) is 2. The SMILES string of the molecule is COc1ccc([C@@H]2[C@@H](C(=O)Nc3n[nH]c(CC(C)C)n3)c3ccccc3C(=O)N2C)cc1. The first kappa shape index (κ1) is 21.5. The van der Waals surface area contributed by atoms with Gasteiger partial charge in [-0.1, -0.05) is 44.2 Å². The van der Waals surface area contributed by atoms with Crippen molar-refractivity contribution in [2.75, 3.05) is 19.5 Å². The predicted octanol–water partition coefficient (Wildman–Crippen LogP) is 3.56. The molecule has 166 valence electrons. The molecule has 2 amide bonds. The maximum Gasteiger partial charge on any atom is 0.254 e. The molecule has 0 fully saturated rings. The highest BCUT2D eigenvalue weighted by atomic mass is 16.5. The van der Waals surface area contributed by atoms with Crippen molar-refractivity contribution >= 4 is 17.8 Å². The van der Waals surface area contributed by atoms with Crippen LogP contribution in [0.4, 0.5) is 5.95 Å². The van der Waals surface area contributed by atoms with Gasteiger partial charge in [-0.15, -0.1) is 5.10 Å². The number of carbonyl (C=O) groups is 2. The van der Waals surface area contributed by atoms with E-state index in [1.54, 1.807) is 31.2 Å². The number of nitrogens with zero attached hydrogens (tertiary/aromatic N) is 3. The molecule has 4 rings (SSSR count). The summed E-state index contributed by atoms with van der Waals surface area (Å²) in [6.45, 7) is 4.18. The summed E-state index contributed by atoms with van der Waals surface area (Å²) in [6, 6.07) is 14.2. The van der Waals surface area contributed by atoms with Crippen molar-refractivity contribution in [3.63, 3.8) is 0 Å². The van der Waals surface area contributed by atoms with Crippen molar-refractivity contribution in [3.8, 4) is 5.75 Å². The van der Waals surface area contributed by atoms with Gasteiger partial charge in [-0.2, -0.15) is 4.98 Å². The lowest BCUT2D eigenvalue weighted by molar-refractivity contribution is -0.119. The second-order valence-corrected chi connectivity index (χ2v) is 8.39. The molecule has 2 atom stereocenters. The number of likely N-dealkylation sites (N-methyl/N-ethyl adjacent to an activating group) is 1. The number of amides is 2. The smallest absolute Gasteiger partial charge is 0.254 e. The molecule has 32 heavy (non-hydrogen) atoms. The monoisotopic (exact) mass is 433 g/mol. The molecule has 0 saturated heterocycles. The number of H-pyrrole nitrogens is 1. The van der Waals surface area contributed by atoms with Crippen LogP contribution in [0.15, 0.2) is 48.5 Å². The lowest BCUT2D eigenvalue weighted by atomic mass is 9.79. The summed E-state index contributed by atoms with van der Waals surface area (Å²) in [4.78, 5) is 32.7. The number of aromatic amines is 1. The first-order valence-electron chi connectivity index (χ1n) is 10.6. The third-order valence-corrected chi connectivity index (χ3v) is 5.69. The van der Waals surface area contributed by atoms with Gasteiger partial charge in [-0.25, -0.2) is 0 Å².